The van der Waals surface area contributed by atoms with Crippen molar-refractivity contribution in [1.82, 2.24) is 0 Å². The second kappa shape index (κ2) is 4.47. The fourth-order valence-corrected chi connectivity index (χ4v) is 3.63. The number of sulfonamides is 1. The number of fused-ring (bicyclic) bond motifs is 1. The molecule has 0 aliphatic carbocycles. The minimum absolute atomic E-state index is 0.118. The van der Waals surface area contributed by atoms with Gasteiger partial charge in [0.05, 0.1) is 22.6 Å². The first-order chi connectivity index (χ1) is 9.60. The Kier molecular flexibility index (Phi) is 3.17. The highest BCUT2D eigenvalue weighted by Gasteiger charge is 2.51. The maximum atomic E-state index is 11.6. The van der Waals surface area contributed by atoms with Crippen molar-refractivity contribution in [2.75, 3.05) is 10.5 Å². The third-order valence-electron chi connectivity index (χ3n) is 4.56. The molecule has 114 valence electrons. The minimum atomic E-state index is -3.18. The van der Waals surface area contributed by atoms with Crippen LogP contribution in [-0.2, 0) is 25.8 Å². The van der Waals surface area contributed by atoms with Gasteiger partial charge < -0.3 is 9.31 Å². The van der Waals surface area contributed by atoms with Crippen LogP contribution in [0.5, 0.6) is 0 Å². The Hall–Kier alpha value is -1.05. The summed E-state index contributed by atoms with van der Waals surface area (Å²) in [7, 11) is -3.60. The average Bonchev–Trinajstić information content (AvgIpc) is 2.57. The van der Waals surface area contributed by atoms with Gasteiger partial charge in [-0.15, -0.1) is 0 Å². The maximum absolute atomic E-state index is 11.6. The third-order valence-corrected chi connectivity index (χ3v) is 5.83. The monoisotopic (exact) mass is 309 g/mol. The first kappa shape index (κ1) is 14.9. The van der Waals surface area contributed by atoms with Crippen molar-refractivity contribution in [1.29, 1.82) is 0 Å². The van der Waals surface area contributed by atoms with Gasteiger partial charge in [-0.05, 0) is 51.2 Å². The van der Waals surface area contributed by atoms with Gasteiger partial charge in [0.15, 0.2) is 0 Å². The fourth-order valence-electron chi connectivity index (χ4n) is 2.51. The maximum Gasteiger partial charge on any atom is 0.494 e. The normalized spacial score (nSPS) is 25.2. The van der Waals surface area contributed by atoms with Crippen LogP contribution in [-0.4, -0.2) is 32.5 Å². The lowest BCUT2D eigenvalue weighted by Crippen LogP contribution is -2.41. The zero-order valence-corrected chi connectivity index (χ0v) is 13.6. The number of benzene rings is 1. The van der Waals surface area contributed by atoms with E-state index >= 15 is 0 Å². The summed E-state index contributed by atoms with van der Waals surface area (Å²) in [6.07, 6.45) is 0.512. The Bertz CT molecular complexity index is 668. The fraction of sp³-hybridized carbons (Fsp3) is 0.571. The Labute approximate surface area is 126 Å². The number of anilines is 1. The Morgan fingerprint density at radius 3 is 2.38 bits per heavy atom. The molecule has 1 N–H and O–H groups in total. The van der Waals surface area contributed by atoms with Crippen LogP contribution in [0.2, 0.25) is 0 Å². The first-order valence-electron chi connectivity index (χ1n) is 7.09. The van der Waals surface area contributed by atoms with E-state index in [1.165, 1.54) is 0 Å². The SMILES string of the molecule is CC1(C)OB(c2ccc3c(c2)CCS(=O)(=O)N3)OC1(C)C. The molecule has 1 fully saturated rings. The zero-order chi connectivity index (χ0) is 15.5. The van der Waals surface area contributed by atoms with Gasteiger partial charge in [0.25, 0.3) is 0 Å². The van der Waals surface area contributed by atoms with Crippen molar-refractivity contribution in [3.63, 3.8) is 0 Å². The zero-order valence-electron chi connectivity index (χ0n) is 12.8. The molecule has 0 aromatic heterocycles. The molecule has 1 aromatic rings. The van der Waals surface area contributed by atoms with Crippen LogP contribution < -0.4 is 10.2 Å². The van der Waals surface area contributed by atoms with Gasteiger partial charge in [-0.1, -0.05) is 12.1 Å². The van der Waals surface area contributed by atoms with Gasteiger partial charge in [0, 0.05) is 0 Å². The van der Waals surface area contributed by atoms with Crippen LogP contribution in [0.1, 0.15) is 33.3 Å². The van der Waals surface area contributed by atoms with Gasteiger partial charge in [0.1, 0.15) is 0 Å². The molecule has 21 heavy (non-hydrogen) atoms. The van der Waals surface area contributed by atoms with Gasteiger partial charge in [-0.3, -0.25) is 4.72 Å². The van der Waals surface area contributed by atoms with E-state index in [-0.39, 0.29) is 17.0 Å². The van der Waals surface area contributed by atoms with Crippen LogP contribution in [0.15, 0.2) is 18.2 Å². The summed E-state index contributed by atoms with van der Waals surface area (Å²) in [6.45, 7) is 8.05. The van der Waals surface area contributed by atoms with E-state index in [1.54, 1.807) is 6.07 Å². The molecule has 2 aliphatic rings. The van der Waals surface area contributed by atoms with Gasteiger partial charge in [-0.25, -0.2) is 8.42 Å². The molecule has 1 saturated heterocycles. The summed E-state index contributed by atoms with van der Waals surface area (Å²) in [5.74, 6) is 0.118. The van der Waals surface area contributed by atoms with Crippen molar-refractivity contribution >= 4 is 28.3 Å². The molecule has 0 radical (unpaired) electrons. The molecule has 2 heterocycles. The second-order valence-corrected chi connectivity index (χ2v) is 8.52. The molecule has 0 bridgehead atoms. The lowest BCUT2D eigenvalue weighted by molar-refractivity contribution is 0.00578. The topological polar surface area (TPSA) is 64.6 Å². The summed E-state index contributed by atoms with van der Waals surface area (Å²) < 4.78 is 37.7. The van der Waals surface area contributed by atoms with E-state index in [1.807, 2.05) is 39.8 Å². The number of rotatable bonds is 1. The molecule has 5 nitrogen and oxygen atoms in total. The van der Waals surface area contributed by atoms with Crippen molar-refractivity contribution in [2.24, 2.45) is 0 Å². The highest BCUT2D eigenvalue weighted by atomic mass is 32.2. The van der Waals surface area contributed by atoms with E-state index in [0.717, 1.165) is 11.0 Å². The average molecular weight is 309 g/mol. The molecule has 3 rings (SSSR count). The van der Waals surface area contributed by atoms with E-state index < -0.39 is 17.1 Å². The van der Waals surface area contributed by atoms with Crippen molar-refractivity contribution in [3.8, 4) is 0 Å². The lowest BCUT2D eigenvalue weighted by atomic mass is 9.78. The minimum Gasteiger partial charge on any atom is -0.399 e. The lowest BCUT2D eigenvalue weighted by Gasteiger charge is -2.32. The molecule has 0 amide bonds. The molecule has 7 heteroatoms. The highest BCUT2D eigenvalue weighted by molar-refractivity contribution is 7.92. The molecule has 0 saturated carbocycles. The van der Waals surface area contributed by atoms with Crippen LogP contribution in [0, 0.1) is 0 Å². The van der Waals surface area contributed by atoms with E-state index in [9.17, 15) is 8.42 Å². The van der Waals surface area contributed by atoms with Gasteiger partial charge in [-0.2, -0.15) is 0 Å². The van der Waals surface area contributed by atoms with Crippen molar-refractivity contribution in [3.05, 3.63) is 23.8 Å². The third kappa shape index (κ3) is 2.58. The largest absolute Gasteiger partial charge is 0.494 e. The number of hydrogen-bond donors (Lipinski definition) is 1. The number of aryl methyl sites for hydroxylation is 1. The highest BCUT2D eigenvalue weighted by Crippen LogP contribution is 2.36. The molecule has 2 aliphatic heterocycles. The standard InChI is InChI=1S/C14H20BNO4S/c1-13(2)14(3,4)20-15(19-13)11-5-6-12-10(9-11)7-8-21(17,18)16-12/h5-6,9,16H,7-8H2,1-4H3. The number of nitrogens with one attached hydrogen (secondary N) is 1. The molecule has 0 atom stereocenters. The summed E-state index contributed by atoms with van der Waals surface area (Å²) in [6, 6.07) is 5.61. The van der Waals surface area contributed by atoms with E-state index in [4.69, 9.17) is 9.31 Å². The Morgan fingerprint density at radius 1 is 1.14 bits per heavy atom. The van der Waals surface area contributed by atoms with Crippen LogP contribution in [0.4, 0.5) is 5.69 Å². The van der Waals surface area contributed by atoms with E-state index in [0.29, 0.717) is 12.1 Å². The summed E-state index contributed by atoms with van der Waals surface area (Å²) >= 11 is 0. The molecule has 0 unspecified atom stereocenters. The van der Waals surface area contributed by atoms with Crippen LogP contribution in [0.25, 0.3) is 0 Å². The van der Waals surface area contributed by atoms with Crippen molar-refractivity contribution < 1.29 is 17.7 Å². The molecular weight excluding hydrogens is 289 g/mol. The summed E-state index contributed by atoms with van der Waals surface area (Å²) in [4.78, 5) is 0. The molecular formula is C14H20BNO4S. The Morgan fingerprint density at radius 2 is 1.76 bits per heavy atom. The predicted octanol–water partition coefficient (Wildman–Crippen LogP) is 1.28. The van der Waals surface area contributed by atoms with Crippen LogP contribution in [0.3, 0.4) is 0 Å². The molecule has 1 aromatic carbocycles. The first-order valence-corrected chi connectivity index (χ1v) is 8.74. The van der Waals surface area contributed by atoms with E-state index in [2.05, 4.69) is 4.72 Å². The second-order valence-electron chi connectivity index (χ2n) is 6.68. The molecule has 0 spiro atoms. The smallest absolute Gasteiger partial charge is 0.399 e. The summed E-state index contributed by atoms with van der Waals surface area (Å²) in [5.41, 5.74) is 1.80. The Balaban J connectivity index is 1.90. The predicted molar refractivity (Wildman–Crippen MR) is 83.3 cm³/mol. The quantitative estimate of drug-likeness (QED) is 0.794. The number of hydrogen-bond acceptors (Lipinski definition) is 4. The van der Waals surface area contributed by atoms with Gasteiger partial charge in [0.2, 0.25) is 10.0 Å². The van der Waals surface area contributed by atoms with Crippen LogP contribution >= 0.6 is 0 Å². The van der Waals surface area contributed by atoms with Gasteiger partial charge >= 0.3 is 7.12 Å². The summed E-state index contributed by atoms with van der Waals surface area (Å²) in [5, 5.41) is 0. The van der Waals surface area contributed by atoms with Crippen molar-refractivity contribution in [2.45, 2.75) is 45.3 Å².